The largest absolute Gasteiger partial charge is 0.454 e. The molecule has 4 aliphatic heterocycles. The summed E-state index contributed by atoms with van der Waals surface area (Å²) in [5.74, 6) is 0.574. The average Bonchev–Trinajstić information content (AvgIpc) is 3.49. The molecule has 2 amide bonds. The molecule has 9 nitrogen and oxygen atoms in total. The summed E-state index contributed by atoms with van der Waals surface area (Å²) in [6.45, 7) is 2.23. The first-order valence-corrected chi connectivity index (χ1v) is 9.36. The van der Waals surface area contributed by atoms with Crippen LogP contribution in [0, 0.1) is 18.8 Å². The number of carbonyl (C=O) groups is 2. The fourth-order valence-corrected chi connectivity index (χ4v) is 4.67. The van der Waals surface area contributed by atoms with Crippen LogP contribution < -0.4 is 19.7 Å². The van der Waals surface area contributed by atoms with Gasteiger partial charge < -0.3 is 24.1 Å². The van der Waals surface area contributed by atoms with E-state index in [9.17, 15) is 9.59 Å². The standard InChI is InChI=1S/C20H17N3O6/c1-10-6-15(22-29-10)23-8-20-5-4-13(28-20)16(17(20)19(23)25)18(24)21-11-2-3-12-14(7-11)27-9-26-12/h2-7,13,16-17H,8-9H2,1H3,(H,21,24)/t13-,16-,17-,20-/m1/s1. The fraction of sp³-hybridized carbons (Fsp3) is 0.350. The monoisotopic (exact) mass is 395 g/mol. The number of anilines is 2. The van der Waals surface area contributed by atoms with Crippen molar-refractivity contribution < 1.29 is 28.3 Å². The highest BCUT2D eigenvalue weighted by Gasteiger charge is 2.67. The van der Waals surface area contributed by atoms with Gasteiger partial charge in [-0.15, -0.1) is 0 Å². The van der Waals surface area contributed by atoms with Gasteiger partial charge in [0.05, 0.1) is 24.5 Å². The molecule has 0 aliphatic carbocycles. The number of aryl methyl sites for hydroxylation is 1. The second-order valence-corrected chi connectivity index (χ2v) is 7.68. The number of amides is 2. The number of rotatable bonds is 3. The third kappa shape index (κ3) is 2.27. The predicted octanol–water partition coefficient (Wildman–Crippen LogP) is 1.64. The zero-order valence-corrected chi connectivity index (χ0v) is 15.5. The molecule has 2 bridgehead atoms. The maximum Gasteiger partial charge on any atom is 0.235 e. The summed E-state index contributed by atoms with van der Waals surface area (Å²) < 4.78 is 21.9. The van der Waals surface area contributed by atoms with E-state index >= 15 is 0 Å². The van der Waals surface area contributed by atoms with Crippen LogP contribution >= 0.6 is 0 Å². The van der Waals surface area contributed by atoms with E-state index in [-0.39, 0.29) is 18.6 Å². The van der Waals surface area contributed by atoms with Crippen molar-refractivity contribution in [2.45, 2.75) is 18.6 Å². The second kappa shape index (κ2) is 5.60. The molecular weight excluding hydrogens is 378 g/mol. The Morgan fingerprint density at radius 1 is 1.28 bits per heavy atom. The normalized spacial score (nSPS) is 30.9. The van der Waals surface area contributed by atoms with Crippen LogP contribution in [0.1, 0.15) is 5.76 Å². The number of ether oxygens (including phenoxy) is 3. The van der Waals surface area contributed by atoms with Crippen molar-refractivity contribution in [1.82, 2.24) is 5.16 Å². The Bertz CT molecular complexity index is 1080. The molecule has 1 aromatic carbocycles. The van der Waals surface area contributed by atoms with Crippen molar-refractivity contribution in [3.05, 3.63) is 42.2 Å². The Balaban J connectivity index is 1.28. The maximum absolute atomic E-state index is 13.2. The molecule has 4 aliphatic rings. The van der Waals surface area contributed by atoms with Crippen molar-refractivity contribution in [2.75, 3.05) is 23.6 Å². The van der Waals surface area contributed by atoms with E-state index in [2.05, 4.69) is 10.5 Å². The van der Waals surface area contributed by atoms with Crippen LogP contribution in [0.3, 0.4) is 0 Å². The molecule has 2 fully saturated rings. The summed E-state index contributed by atoms with van der Waals surface area (Å²) in [5.41, 5.74) is -0.236. The number of hydrogen-bond donors (Lipinski definition) is 1. The van der Waals surface area contributed by atoms with Gasteiger partial charge in [-0.2, -0.15) is 0 Å². The van der Waals surface area contributed by atoms with Gasteiger partial charge in [-0.3, -0.25) is 14.5 Å². The zero-order chi connectivity index (χ0) is 19.8. The summed E-state index contributed by atoms with van der Waals surface area (Å²) in [6.07, 6.45) is 3.34. The Labute approximate surface area is 165 Å². The first kappa shape index (κ1) is 16.6. The quantitative estimate of drug-likeness (QED) is 0.788. The van der Waals surface area contributed by atoms with Crippen molar-refractivity contribution >= 4 is 23.3 Å². The molecule has 1 N–H and O–H groups in total. The number of fused-ring (bicyclic) bond motifs is 2. The molecule has 0 unspecified atom stereocenters. The molecule has 2 aromatic rings. The van der Waals surface area contributed by atoms with Crippen LogP contribution in [0.4, 0.5) is 11.5 Å². The lowest BCUT2D eigenvalue weighted by Gasteiger charge is -2.23. The second-order valence-electron chi connectivity index (χ2n) is 7.68. The van der Waals surface area contributed by atoms with Crippen LogP contribution in [-0.4, -0.2) is 42.0 Å². The third-order valence-electron chi connectivity index (χ3n) is 5.94. The van der Waals surface area contributed by atoms with Crippen molar-refractivity contribution in [1.29, 1.82) is 0 Å². The number of carbonyl (C=O) groups excluding carboxylic acids is 2. The van der Waals surface area contributed by atoms with Crippen molar-refractivity contribution in [3.8, 4) is 11.5 Å². The molecule has 1 spiro atoms. The molecule has 29 heavy (non-hydrogen) atoms. The minimum Gasteiger partial charge on any atom is -0.454 e. The Morgan fingerprint density at radius 2 is 2.14 bits per heavy atom. The Hall–Kier alpha value is -3.33. The van der Waals surface area contributed by atoms with Gasteiger partial charge in [-0.25, -0.2) is 0 Å². The summed E-state index contributed by atoms with van der Waals surface area (Å²) in [4.78, 5) is 27.9. The van der Waals surface area contributed by atoms with Gasteiger partial charge in [0.2, 0.25) is 18.6 Å². The number of hydrogen-bond acceptors (Lipinski definition) is 7. The van der Waals surface area contributed by atoms with Gasteiger partial charge in [-0.05, 0) is 19.1 Å². The molecule has 1 aromatic heterocycles. The molecule has 5 heterocycles. The van der Waals surface area contributed by atoms with Gasteiger partial charge in [-0.1, -0.05) is 17.3 Å². The summed E-state index contributed by atoms with van der Waals surface area (Å²) in [5, 5.41) is 6.84. The van der Waals surface area contributed by atoms with Crippen LogP contribution in [0.25, 0.3) is 0 Å². The van der Waals surface area contributed by atoms with E-state index in [1.807, 2.05) is 12.2 Å². The molecule has 0 saturated carbocycles. The minimum atomic E-state index is -0.814. The van der Waals surface area contributed by atoms with Gasteiger partial charge >= 0.3 is 0 Å². The number of nitrogens with zero attached hydrogens (tertiary/aromatic N) is 2. The lowest BCUT2D eigenvalue weighted by Crippen LogP contribution is -2.41. The first-order valence-electron chi connectivity index (χ1n) is 9.36. The lowest BCUT2D eigenvalue weighted by molar-refractivity contribution is -0.128. The van der Waals surface area contributed by atoms with E-state index in [1.165, 1.54) is 4.90 Å². The molecule has 0 radical (unpaired) electrons. The minimum absolute atomic E-state index is 0.159. The first-order chi connectivity index (χ1) is 14.0. The van der Waals surface area contributed by atoms with Gasteiger partial charge in [0, 0.05) is 17.8 Å². The van der Waals surface area contributed by atoms with Gasteiger partial charge in [0.25, 0.3) is 0 Å². The number of nitrogens with one attached hydrogen (secondary N) is 1. The Morgan fingerprint density at radius 3 is 2.97 bits per heavy atom. The molecular formula is C20H17N3O6. The fourth-order valence-electron chi connectivity index (χ4n) is 4.67. The number of benzene rings is 1. The molecule has 6 rings (SSSR count). The smallest absolute Gasteiger partial charge is 0.235 e. The molecule has 148 valence electrons. The van der Waals surface area contributed by atoms with E-state index in [0.29, 0.717) is 35.3 Å². The van der Waals surface area contributed by atoms with Crippen LogP contribution in [0.2, 0.25) is 0 Å². The highest BCUT2D eigenvalue weighted by atomic mass is 16.7. The van der Waals surface area contributed by atoms with E-state index in [0.717, 1.165) is 0 Å². The third-order valence-corrected chi connectivity index (χ3v) is 5.94. The van der Waals surface area contributed by atoms with Gasteiger partial charge in [0.1, 0.15) is 11.4 Å². The highest BCUT2D eigenvalue weighted by molar-refractivity contribution is 6.05. The lowest BCUT2D eigenvalue weighted by atomic mass is 9.77. The van der Waals surface area contributed by atoms with Crippen molar-refractivity contribution in [2.24, 2.45) is 11.8 Å². The molecule has 9 heteroatoms. The Kier molecular flexibility index (Phi) is 3.21. The number of aromatic nitrogens is 1. The average molecular weight is 395 g/mol. The summed E-state index contributed by atoms with van der Waals surface area (Å²) in [7, 11) is 0. The molecule has 4 atom stereocenters. The topological polar surface area (TPSA) is 103 Å². The van der Waals surface area contributed by atoms with Crippen LogP contribution in [0.5, 0.6) is 11.5 Å². The SMILES string of the molecule is Cc1cc(N2C[C@@]34C=C[C@@H](O3)[C@@H](C(=O)Nc3ccc5c(c3)OCO5)[C@@H]4C2=O)no1. The zero-order valence-electron chi connectivity index (χ0n) is 15.5. The predicted molar refractivity (Wildman–Crippen MR) is 98.5 cm³/mol. The van der Waals surface area contributed by atoms with Gasteiger partial charge in [0.15, 0.2) is 17.3 Å². The summed E-state index contributed by atoms with van der Waals surface area (Å²) in [6, 6.07) is 6.90. The van der Waals surface area contributed by atoms with Crippen molar-refractivity contribution in [3.63, 3.8) is 0 Å². The van der Waals surface area contributed by atoms with Crippen LogP contribution in [0.15, 0.2) is 40.9 Å². The summed E-state index contributed by atoms with van der Waals surface area (Å²) >= 11 is 0. The van der Waals surface area contributed by atoms with E-state index in [4.69, 9.17) is 18.7 Å². The molecule has 2 saturated heterocycles. The van der Waals surface area contributed by atoms with Crippen LogP contribution in [-0.2, 0) is 14.3 Å². The highest BCUT2D eigenvalue weighted by Crippen LogP contribution is 2.52. The maximum atomic E-state index is 13.2. The van der Waals surface area contributed by atoms with E-state index < -0.39 is 23.5 Å². The van der Waals surface area contributed by atoms with E-state index in [1.54, 1.807) is 31.2 Å².